The van der Waals surface area contributed by atoms with Crippen LogP contribution >= 0.6 is 0 Å². The molecule has 0 aliphatic carbocycles. The van der Waals surface area contributed by atoms with Gasteiger partial charge in [0, 0.05) is 0 Å². The van der Waals surface area contributed by atoms with Crippen LogP contribution in [-0.2, 0) is 40.8 Å². The fourth-order valence-electron chi connectivity index (χ4n) is 2.79. The third-order valence-corrected chi connectivity index (χ3v) is 5.05. The van der Waals surface area contributed by atoms with Crippen LogP contribution in [0, 0.1) is 45.3 Å². The van der Waals surface area contributed by atoms with Gasteiger partial charge in [-0.25, -0.2) is 39.1 Å². The highest BCUT2D eigenvalue weighted by molar-refractivity contribution is 5.71. The lowest BCUT2D eigenvalue weighted by Crippen LogP contribution is -2.23. The molecule has 3 aromatic heterocycles. The Morgan fingerprint density at radius 1 is 0.595 bits per heavy atom. The normalized spacial score (nSPS) is 8.33. The Hall–Kier alpha value is -5.51. The first-order valence-electron chi connectivity index (χ1n) is 13.4. The minimum atomic E-state index is -0.403. The van der Waals surface area contributed by atoms with E-state index in [0.717, 1.165) is 19.6 Å². The maximum Gasteiger partial charge on any atom is 0.243 e. The van der Waals surface area contributed by atoms with Crippen molar-refractivity contribution in [2.24, 2.45) is 21.1 Å². The largest absolute Gasteiger partial charge is 0.762 e. The van der Waals surface area contributed by atoms with Gasteiger partial charge in [0.25, 0.3) is 0 Å². The first-order valence-corrected chi connectivity index (χ1v) is 13.4. The van der Waals surface area contributed by atoms with Crippen LogP contribution in [-0.4, -0.2) is 25.4 Å². The van der Waals surface area contributed by atoms with Gasteiger partial charge in [-0.3, -0.25) is 0 Å². The van der Waals surface area contributed by atoms with Crippen molar-refractivity contribution >= 4 is 11.7 Å². The molecule has 0 amide bonds. The van der Waals surface area contributed by atoms with Gasteiger partial charge in [-0.15, -0.1) is 0 Å². The van der Waals surface area contributed by atoms with Crippen molar-refractivity contribution in [1.82, 2.24) is 13.7 Å². The van der Waals surface area contributed by atoms with Crippen molar-refractivity contribution < 1.29 is 13.7 Å². The number of unbranched alkanes of at least 4 members (excludes halogenated alkanes) is 2. The molecule has 42 heavy (non-hydrogen) atoms. The van der Waals surface area contributed by atoms with Gasteiger partial charge in [-0.1, -0.05) is 26.7 Å². The molecule has 0 aromatic carbocycles. The van der Waals surface area contributed by atoms with Gasteiger partial charge < -0.3 is 10.8 Å². The van der Waals surface area contributed by atoms with Gasteiger partial charge in [0.2, 0.25) is 19.0 Å². The van der Waals surface area contributed by atoms with Crippen molar-refractivity contribution in [2.75, 3.05) is 0 Å². The summed E-state index contributed by atoms with van der Waals surface area (Å²) in [5, 5.41) is 46.8. The summed E-state index contributed by atoms with van der Waals surface area (Å²) in [6.45, 7) is 9.91. The number of nitriles is 4. The molecule has 0 saturated heterocycles. The highest BCUT2D eigenvalue weighted by atomic mass is 15.1. The Labute approximate surface area is 249 Å². The lowest BCUT2D eigenvalue weighted by atomic mass is 10.3. The smallest absolute Gasteiger partial charge is 0.243 e. The van der Waals surface area contributed by atoms with Crippen LogP contribution in [0.3, 0.4) is 0 Å². The molecule has 220 valence electrons. The summed E-state index contributed by atoms with van der Waals surface area (Å²) in [5.74, 6) is 2.79. The number of nitrogens with zero attached hydrogens (tertiary/aromatic N) is 12. The van der Waals surface area contributed by atoms with E-state index in [-0.39, 0.29) is 0 Å². The molecule has 0 bridgehead atoms. The molecule has 12 heteroatoms. The monoisotopic (exact) mass is 569 g/mol. The van der Waals surface area contributed by atoms with Crippen LogP contribution in [0.1, 0.15) is 46.5 Å². The number of aryl methyl sites for hydroxylation is 6. The topological polar surface area (TPSA) is 166 Å². The average Bonchev–Trinajstić information content (AvgIpc) is 3.75. The summed E-state index contributed by atoms with van der Waals surface area (Å²) in [5.41, 5.74) is -0.806. The maximum atomic E-state index is 7.79. The fourth-order valence-corrected chi connectivity index (χ4v) is 2.79. The highest BCUT2D eigenvalue weighted by Crippen LogP contribution is 1.92. The van der Waals surface area contributed by atoms with Crippen molar-refractivity contribution in [3.63, 3.8) is 0 Å². The van der Waals surface area contributed by atoms with Crippen LogP contribution in [0.5, 0.6) is 0 Å². The van der Waals surface area contributed by atoms with Gasteiger partial charge in [0.15, 0.2) is 0 Å². The van der Waals surface area contributed by atoms with Crippen LogP contribution in [0.25, 0.3) is 10.8 Å². The molecular formula is C30H41N12+. The molecule has 0 unspecified atom stereocenters. The molecule has 0 saturated carbocycles. The average molecular weight is 570 g/mol. The Morgan fingerprint density at radius 3 is 1.05 bits per heavy atom. The molecule has 12 nitrogen and oxygen atoms in total. The Kier molecular flexibility index (Phi) is 23.7. The molecule has 0 atom stereocenters. The van der Waals surface area contributed by atoms with E-state index in [2.05, 4.69) is 93.6 Å². The standard InChI is InChI=1S/2C8H15N2.C6H11N2.2C4N3/c2*1-3-4-5-10-7-6-9(2)8-10;1-3-8-5-4-7(2)6-8;2*5-1-4(2-6)3-7/h2*6-8H,3-5H2,1-2H3;4-6H,3H2,1-2H3;;/q3*+1;2*-1. The highest BCUT2D eigenvalue weighted by Gasteiger charge is 1.97. The summed E-state index contributed by atoms with van der Waals surface area (Å²) < 4.78 is 12.7. The Bertz CT molecular complexity index is 1310. The zero-order valence-electron chi connectivity index (χ0n) is 25.5. The molecule has 0 aliphatic rings. The minimum Gasteiger partial charge on any atom is -0.762 e. The van der Waals surface area contributed by atoms with Crippen molar-refractivity contribution in [1.29, 1.82) is 21.0 Å². The lowest BCUT2D eigenvalue weighted by Gasteiger charge is -1.90. The minimum absolute atomic E-state index is 0.403. The second kappa shape index (κ2) is 25.8. The van der Waals surface area contributed by atoms with Crippen molar-refractivity contribution in [3.05, 3.63) is 78.1 Å². The summed E-state index contributed by atoms with van der Waals surface area (Å²) in [4.78, 5) is 0. The second-order valence-electron chi connectivity index (χ2n) is 8.67. The number of aromatic nitrogens is 6. The first kappa shape index (κ1) is 38.6. The number of hydrogen-bond acceptors (Lipinski definition) is 4. The van der Waals surface area contributed by atoms with Gasteiger partial charge in [0.05, 0.1) is 40.8 Å². The van der Waals surface area contributed by atoms with Crippen LogP contribution in [0.4, 0.5) is 0 Å². The van der Waals surface area contributed by atoms with Crippen LogP contribution < -0.4 is 13.7 Å². The van der Waals surface area contributed by atoms with E-state index >= 15 is 0 Å². The second-order valence-corrected chi connectivity index (χ2v) is 8.67. The molecule has 3 heterocycles. The molecule has 0 radical (unpaired) electrons. The zero-order chi connectivity index (χ0) is 32.2. The van der Waals surface area contributed by atoms with E-state index in [9.17, 15) is 0 Å². The SMILES string of the molecule is CCCCn1cc[n+](C)c1.CCCCn1cc[n+](C)c1.CCn1cc[n+](C)c1.N#CC(=C=[N-])C#N.N#CC(=C=[N-])C#N. The van der Waals surface area contributed by atoms with Crippen molar-refractivity contribution in [2.45, 2.75) is 66.1 Å². The predicted octanol–water partition coefficient (Wildman–Crippen LogP) is 2.96. The molecule has 3 rings (SSSR count). The van der Waals surface area contributed by atoms with Crippen LogP contribution in [0.2, 0.25) is 0 Å². The molecular weight excluding hydrogens is 528 g/mol. The zero-order valence-corrected chi connectivity index (χ0v) is 25.5. The van der Waals surface area contributed by atoms with Gasteiger partial charge in [-0.2, -0.15) is 21.0 Å². The molecule has 3 aromatic rings. The third-order valence-electron chi connectivity index (χ3n) is 5.05. The lowest BCUT2D eigenvalue weighted by molar-refractivity contribution is -0.671. The van der Waals surface area contributed by atoms with E-state index in [1.54, 1.807) is 0 Å². The summed E-state index contributed by atoms with van der Waals surface area (Å²) in [7, 11) is 6.11. The Balaban J connectivity index is 0. The van der Waals surface area contributed by atoms with Gasteiger partial charge in [-0.05, 0) is 19.8 Å². The molecule has 0 aliphatic heterocycles. The molecule has 0 spiro atoms. The maximum absolute atomic E-state index is 7.79. The fraction of sp³-hybridized carbons (Fsp3) is 0.433. The number of allylic oxidation sites excluding steroid dienone is 2. The van der Waals surface area contributed by atoms with Crippen LogP contribution in [0.15, 0.2) is 67.3 Å². The Morgan fingerprint density at radius 2 is 0.905 bits per heavy atom. The summed E-state index contributed by atoms with van der Waals surface area (Å²) in [6, 6.07) is 5.58. The van der Waals surface area contributed by atoms with Gasteiger partial charge in [0.1, 0.15) is 72.6 Å². The molecule has 0 fully saturated rings. The third kappa shape index (κ3) is 20.5. The van der Waals surface area contributed by atoms with E-state index in [1.165, 1.54) is 61.7 Å². The molecule has 0 N–H and O–H groups in total. The van der Waals surface area contributed by atoms with E-state index < -0.39 is 11.1 Å². The van der Waals surface area contributed by atoms with E-state index in [1.807, 2.05) is 31.9 Å². The number of imidazole rings is 3. The summed E-state index contributed by atoms with van der Waals surface area (Å²) >= 11 is 0. The summed E-state index contributed by atoms with van der Waals surface area (Å²) in [6.07, 6.45) is 23.8. The first-order chi connectivity index (χ1) is 20.2. The van der Waals surface area contributed by atoms with Crippen molar-refractivity contribution in [3.8, 4) is 24.3 Å². The number of rotatable bonds is 7. The van der Waals surface area contributed by atoms with E-state index in [0.29, 0.717) is 0 Å². The quantitative estimate of drug-likeness (QED) is 0.242. The van der Waals surface area contributed by atoms with E-state index in [4.69, 9.17) is 31.9 Å². The van der Waals surface area contributed by atoms with Gasteiger partial charge >= 0.3 is 0 Å². The number of hydrogen-bond donors (Lipinski definition) is 0. The predicted molar refractivity (Wildman–Crippen MR) is 159 cm³/mol.